The molecule has 0 aromatic heterocycles. The number of piperazine rings is 1. The van der Waals surface area contributed by atoms with Crippen molar-refractivity contribution in [1.82, 2.24) is 10.2 Å². The number of halogens is 1. The van der Waals surface area contributed by atoms with Gasteiger partial charge >= 0.3 is 0 Å². The van der Waals surface area contributed by atoms with Crippen LogP contribution in [0, 0.1) is 0 Å². The average molecular weight is 224 g/mol. The minimum atomic E-state index is -1.17. The molecule has 0 radical (unpaired) electrons. The maximum Gasteiger partial charge on any atom is 0.145 e. The lowest BCUT2D eigenvalue weighted by Crippen LogP contribution is -2.57. The highest BCUT2D eigenvalue weighted by Gasteiger charge is 2.33. The van der Waals surface area contributed by atoms with Crippen molar-refractivity contribution in [3.8, 4) is 0 Å². The third kappa shape index (κ3) is 2.71. The van der Waals surface area contributed by atoms with Gasteiger partial charge in [0.05, 0.1) is 0 Å². The molecule has 0 aromatic carbocycles. The molecular weight excluding hydrogens is 203 g/mol. The Morgan fingerprint density at radius 3 is 2.94 bits per heavy atom. The highest BCUT2D eigenvalue weighted by atomic mass is 19.1. The number of alkyl halides is 1. The number of rotatable bonds is 2. The van der Waals surface area contributed by atoms with Crippen molar-refractivity contribution in [3.05, 3.63) is 24.3 Å². The minimum absolute atomic E-state index is 0.420. The summed E-state index contributed by atoms with van der Waals surface area (Å²) in [7, 11) is 0. The van der Waals surface area contributed by atoms with E-state index in [9.17, 15) is 4.39 Å². The van der Waals surface area contributed by atoms with Gasteiger partial charge in [0.25, 0.3) is 0 Å². The Labute approximate surface area is 97.2 Å². The van der Waals surface area contributed by atoms with Gasteiger partial charge in [-0.05, 0) is 19.9 Å². The third-order valence-electron chi connectivity index (χ3n) is 3.46. The smallest absolute Gasteiger partial charge is 0.145 e. The molecule has 1 aliphatic heterocycles. The summed E-state index contributed by atoms with van der Waals surface area (Å²) in [6.45, 7) is 6.72. The molecule has 2 rings (SSSR count). The summed E-state index contributed by atoms with van der Waals surface area (Å²) in [5.74, 6) is 0. The molecule has 1 fully saturated rings. The van der Waals surface area contributed by atoms with E-state index in [1.165, 1.54) is 0 Å². The number of nitrogens with one attached hydrogen (secondary N) is 1. The lowest BCUT2D eigenvalue weighted by molar-refractivity contribution is 0.0775. The van der Waals surface area contributed by atoms with E-state index in [2.05, 4.69) is 24.1 Å². The molecule has 1 saturated heterocycles. The van der Waals surface area contributed by atoms with Crippen LogP contribution in [-0.4, -0.2) is 42.3 Å². The van der Waals surface area contributed by atoms with Crippen molar-refractivity contribution in [2.45, 2.75) is 38.0 Å². The van der Waals surface area contributed by atoms with E-state index < -0.39 is 5.67 Å². The molecule has 1 N–H and O–H groups in total. The minimum Gasteiger partial charge on any atom is -0.311 e. The van der Waals surface area contributed by atoms with E-state index in [4.69, 9.17) is 0 Å². The number of hydrogen-bond donors (Lipinski definition) is 1. The Hall–Kier alpha value is -0.670. The summed E-state index contributed by atoms with van der Waals surface area (Å²) >= 11 is 0. The topological polar surface area (TPSA) is 15.3 Å². The number of hydrogen-bond acceptors (Lipinski definition) is 2. The molecule has 16 heavy (non-hydrogen) atoms. The van der Waals surface area contributed by atoms with Gasteiger partial charge < -0.3 is 5.32 Å². The molecule has 0 spiro atoms. The van der Waals surface area contributed by atoms with Crippen LogP contribution in [0.2, 0.25) is 0 Å². The van der Waals surface area contributed by atoms with Gasteiger partial charge in [0, 0.05) is 38.1 Å². The first-order valence-corrected chi connectivity index (χ1v) is 6.10. The van der Waals surface area contributed by atoms with Gasteiger partial charge in [-0.15, -0.1) is 0 Å². The second-order valence-electron chi connectivity index (χ2n) is 5.11. The molecule has 1 heterocycles. The lowest BCUT2D eigenvalue weighted by Gasteiger charge is -2.40. The summed E-state index contributed by atoms with van der Waals surface area (Å²) in [6.07, 6.45) is 7.86. The molecule has 2 aliphatic rings. The van der Waals surface area contributed by atoms with E-state index in [0.717, 1.165) is 13.1 Å². The second-order valence-corrected chi connectivity index (χ2v) is 5.11. The van der Waals surface area contributed by atoms with Crippen LogP contribution < -0.4 is 5.32 Å². The predicted octanol–water partition coefficient (Wildman–Crippen LogP) is 1.89. The zero-order chi connectivity index (χ0) is 11.6. The van der Waals surface area contributed by atoms with Crippen molar-refractivity contribution in [3.63, 3.8) is 0 Å². The van der Waals surface area contributed by atoms with Gasteiger partial charge in [-0.25, -0.2) is 4.39 Å². The van der Waals surface area contributed by atoms with Crippen LogP contribution in [0.25, 0.3) is 0 Å². The van der Waals surface area contributed by atoms with Gasteiger partial charge in [0.2, 0.25) is 0 Å². The zero-order valence-electron chi connectivity index (χ0n) is 10.1. The van der Waals surface area contributed by atoms with E-state index in [0.29, 0.717) is 25.0 Å². The van der Waals surface area contributed by atoms with Crippen molar-refractivity contribution < 1.29 is 4.39 Å². The molecule has 3 heteroatoms. The molecule has 3 atom stereocenters. The van der Waals surface area contributed by atoms with Crippen LogP contribution in [0.1, 0.15) is 20.3 Å². The number of nitrogens with zero attached hydrogens (tertiary/aromatic N) is 1. The van der Waals surface area contributed by atoms with Crippen molar-refractivity contribution in [2.24, 2.45) is 0 Å². The zero-order valence-corrected chi connectivity index (χ0v) is 10.1. The second kappa shape index (κ2) is 4.68. The van der Waals surface area contributed by atoms with Crippen LogP contribution in [0.15, 0.2) is 24.3 Å². The fourth-order valence-corrected chi connectivity index (χ4v) is 2.41. The molecule has 0 amide bonds. The Morgan fingerprint density at radius 2 is 2.25 bits per heavy atom. The Morgan fingerprint density at radius 1 is 1.44 bits per heavy atom. The van der Waals surface area contributed by atoms with Gasteiger partial charge in [0.1, 0.15) is 5.67 Å². The molecule has 0 bridgehead atoms. The average Bonchev–Trinajstić information content (AvgIpc) is 2.24. The molecule has 90 valence electrons. The fraction of sp³-hybridized carbons (Fsp3) is 0.692. The van der Waals surface area contributed by atoms with Gasteiger partial charge in [-0.2, -0.15) is 0 Å². The fourth-order valence-electron chi connectivity index (χ4n) is 2.41. The standard InChI is InChI=1S/C13H21FN2/c1-11-9-16(12(2)8-15-11)10-13(14)6-4-3-5-7-13/h3-6,11-12,15H,7-10H2,1-2H3/t11-,12+,13?/m0/s1. The van der Waals surface area contributed by atoms with E-state index >= 15 is 0 Å². The van der Waals surface area contributed by atoms with Crippen LogP contribution in [0.5, 0.6) is 0 Å². The van der Waals surface area contributed by atoms with Crippen LogP contribution in [0.4, 0.5) is 4.39 Å². The normalized spacial score (nSPS) is 40.2. The van der Waals surface area contributed by atoms with Gasteiger partial charge in [-0.1, -0.05) is 18.2 Å². The van der Waals surface area contributed by atoms with Crippen LogP contribution >= 0.6 is 0 Å². The summed E-state index contributed by atoms with van der Waals surface area (Å²) in [5, 5.41) is 3.42. The monoisotopic (exact) mass is 224 g/mol. The molecular formula is C13H21FN2. The molecule has 0 saturated carbocycles. The lowest BCUT2D eigenvalue weighted by atomic mass is 9.95. The first kappa shape index (κ1) is 11.8. The molecule has 2 nitrogen and oxygen atoms in total. The maximum absolute atomic E-state index is 14.5. The summed E-state index contributed by atoms with van der Waals surface area (Å²) in [4.78, 5) is 2.25. The SMILES string of the molecule is C[C@@H]1CN[C@@H](C)CN1CC1(F)C=CC=CC1. The van der Waals surface area contributed by atoms with Crippen LogP contribution in [0.3, 0.4) is 0 Å². The maximum atomic E-state index is 14.5. The van der Waals surface area contributed by atoms with Gasteiger partial charge in [-0.3, -0.25) is 4.90 Å². The first-order chi connectivity index (χ1) is 7.59. The molecule has 0 aromatic rings. The molecule has 1 aliphatic carbocycles. The first-order valence-electron chi connectivity index (χ1n) is 6.10. The van der Waals surface area contributed by atoms with Gasteiger partial charge in [0.15, 0.2) is 0 Å². The van der Waals surface area contributed by atoms with Crippen molar-refractivity contribution in [2.75, 3.05) is 19.6 Å². The highest BCUT2D eigenvalue weighted by molar-refractivity contribution is 5.19. The summed E-state index contributed by atoms with van der Waals surface area (Å²) < 4.78 is 14.5. The quantitative estimate of drug-likeness (QED) is 0.770. The van der Waals surface area contributed by atoms with Crippen molar-refractivity contribution >= 4 is 0 Å². The summed E-state index contributed by atoms with van der Waals surface area (Å²) in [5.41, 5.74) is -1.17. The van der Waals surface area contributed by atoms with Crippen LogP contribution in [-0.2, 0) is 0 Å². The Bertz CT molecular complexity index is 300. The summed E-state index contributed by atoms with van der Waals surface area (Å²) in [6, 6.07) is 0.881. The number of allylic oxidation sites excluding steroid dienone is 3. The largest absolute Gasteiger partial charge is 0.311 e. The molecule has 1 unspecified atom stereocenters. The Balaban J connectivity index is 1.97. The van der Waals surface area contributed by atoms with E-state index in [-0.39, 0.29) is 0 Å². The predicted molar refractivity (Wildman–Crippen MR) is 65.2 cm³/mol. The highest BCUT2D eigenvalue weighted by Crippen LogP contribution is 2.25. The van der Waals surface area contributed by atoms with Crippen molar-refractivity contribution in [1.29, 1.82) is 0 Å². The van der Waals surface area contributed by atoms with E-state index in [1.54, 1.807) is 6.08 Å². The third-order valence-corrected chi connectivity index (χ3v) is 3.46. The van der Waals surface area contributed by atoms with E-state index in [1.807, 2.05) is 18.2 Å². The Kier molecular flexibility index (Phi) is 3.45.